The predicted molar refractivity (Wildman–Crippen MR) is 77.0 cm³/mol. The summed E-state index contributed by atoms with van der Waals surface area (Å²) in [6.45, 7) is 5.17. The van der Waals surface area contributed by atoms with Crippen molar-refractivity contribution in [3.8, 4) is 0 Å². The van der Waals surface area contributed by atoms with Crippen molar-refractivity contribution in [3.05, 3.63) is 23.8 Å². The van der Waals surface area contributed by atoms with Crippen LogP contribution in [0.4, 0.5) is 0 Å². The molecule has 1 N–H and O–H groups in total. The number of aryl methyl sites for hydroxylation is 1. The average Bonchev–Trinajstić information content (AvgIpc) is 2.89. The maximum absolute atomic E-state index is 12.4. The Labute approximate surface area is 122 Å². The van der Waals surface area contributed by atoms with Crippen molar-refractivity contribution in [2.75, 3.05) is 13.1 Å². The highest BCUT2D eigenvalue weighted by atomic mass is 16.4. The molecule has 2 rings (SSSR count). The van der Waals surface area contributed by atoms with Crippen LogP contribution in [0, 0.1) is 0 Å². The third-order valence-corrected chi connectivity index (χ3v) is 3.32. The topological polar surface area (TPSA) is 88.3 Å². The number of carboxylic acid groups (broad SMARTS) is 1. The lowest BCUT2D eigenvalue weighted by molar-refractivity contribution is -0.137. The van der Waals surface area contributed by atoms with Gasteiger partial charge in [-0.05, 0) is 32.0 Å². The fourth-order valence-corrected chi connectivity index (χ4v) is 2.16. The Balaban J connectivity index is 2.23. The first-order valence-corrected chi connectivity index (χ1v) is 6.91. The maximum Gasteiger partial charge on any atom is 0.305 e. The molecule has 7 heteroatoms. The van der Waals surface area contributed by atoms with E-state index >= 15 is 0 Å². The Morgan fingerprint density at radius 1 is 1.33 bits per heavy atom. The largest absolute Gasteiger partial charge is 0.481 e. The van der Waals surface area contributed by atoms with Crippen LogP contribution in [0.3, 0.4) is 0 Å². The van der Waals surface area contributed by atoms with Gasteiger partial charge in [-0.15, -0.1) is 5.10 Å². The minimum atomic E-state index is -0.914. The molecule has 2 aromatic rings. The second kappa shape index (κ2) is 6.34. The fourth-order valence-electron chi connectivity index (χ4n) is 2.16. The number of aliphatic carboxylic acids is 1. The van der Waals surface area contributed by atoms with Crippen LogP contribution >= 0.6 is 0 Å². The molecule has 0 unspecified atom stereocenters. The van der Waals surface area contributed by atoms with Gasteiger partial charge in [0, 0.05) is 25.2 Å². The normalized spacial score (nSPS) is 10.8. The molecule has 0 radical (unpaired) electrons. The van der Waals surface area contributed by atoms with Crippen molar-refractivity contribution in [2.45, 2.75) is 26.8 Å². The van der Waals surface area contributed by atoms with Crippen LogP contribution in [0.15, 0.2) is 18.2 Å². The standard InChI is InChI=1S/C14H18N4O3/c1-3-17(8-7-13(19)20)14(21)10-5-6-12-11(9-10)15-16-18(12)4-2/h5-6,9H,3-4,7-8H2,1-2H3,(H,19,20). The number of aromatic nitrogens is 3. The van der Waals surface area contributed by atoms with Crippen LogP contribution in [-0.2, 0) is 11.3 Å². The molecule has 1 amide bonds. The molecule has 0 saturated carbocycles. The molecular weight excluding hydrogens is 272 g/mol. The van der Waals surface area contributed by atoms with E-state index in [1.165, 1.54) is 4.90 Å². The molecule has 1 aromatic carbocycles. The molecule has 7 nitrogen and oxygen atoms in total. The minimum Gasteiger partial charge on any atom is -0.481 e. The highest BCUT2D eigenvalue weighted by molar-refractivity contribution is 5.97. The zero-order chi connectivity index (χ0) is 15.4. The number of carboxylic acids is 1. The van der Waals surface area contributed by atoms with E-state index in [2.05, 4.69) is 10.3 Å². The van der Waals surface area contributed by atoms with Crippen molar-refractivity contribution in [1.29, 1.82) is 0 Å². The Morgan fingerprint density at radius 3 is 2.71 bits per heavy atom. The summed E-state index contributed by atoms with van der Waals surface area (Å²) in [6.07, 6.45) is -0.0617. The van der Waals surface area contributed by atoms with Crippen LogP contribution in [0.1, 0.15) is 30.6 Å². The Bertz CT molecular complexity index is 665. The van der Waals surface area contributed by atoms with Gasteiger partial charge in [0.2, 0.25) is 0 Å². The Kier molecular flexibility index (Phi) is 4.52. The fraction of sp³-hybridized carbons (Fsp3) is 0.429. The summed E-state index contributed by atoms with van der Waals surface area (Å²) >= 11 is 0. The Morgan fingerprint density at radius 2 is 2.10 bits per heavy atom. The SMILES string of the molecule is CCN(CCC(=O)O)C(=O)c1ccc2c(c1)nnn2CC. The lowest BCUT2D eigenvalue weighted by Crippen LogP contribution is -2.32. The summed E-state index contributed by atoms with van der Waals surface area (Å²) in [5, 5.41) is 16.8. The van der Waals surface area contributed by atoms with Crippen molar-refractivity contribution in [2.24, 2.45) is 0 Å². The summed E-state index contributed by atoms with van der Waals surface area (Å²) in [4.78, 5) is 24.5. The monoisotopic (exact) mass is 290 g/mol. The molecule has 0 aliphatic carbocycles. The zero-order valence-electron chi connectivity index (χ0n) is 12.1. The molecule has 0 aliphatic rings. The van der Waals surface area contributed by atoms with Gasteiger partial charge in [-0.2, -0.15) is 0 Å². The number of rotatable bonds is 6. The third-order valence-electron chi connectivity index (χ3n) is 3.32. The van der Waals surface area contributed by atoms with E-state index < -0.39 is 5.97 Å². The first-order chi connectivity index (χ1) is 10.1. The van der Waals surface area contributed by atoms with Crippen molar-refractivity contribution < 1.29 is 14.7 Å². The molecule has 1 aromatic heterocycles. The lowest BCUT2D eigenvalue weighted by Gasteiger charge is -2.19. The predicted octanol–water partition coefficient (Wildman–Crippen LogP) is 1.39. The van der Waals surface area contributed by atoms with E-state index in [9.17, 15) is 9.59 Å². The van der Waals surface area contributed by atoms with E-state index in [-0.39, 0.29) is 18.9 Å². The number of amides is 1. The van der Waals surface area contributed by atoms with Gasteiger partial charge in [0.05, 0.1) is 11.9 Å². The van der Waals surface area contributed by atoms with Crippen LogP contribution in [0.2, 0.25) is 0 Å². The summed E-state index contributed by atoms with van der Waals surface area (Å²) in [6, 6.07) is 5.24. The van der Waals surface area contributed by atoms with Gasteiger partial charge in [0.1, 0.15) is 5.52 Å². The maximum atomic E-state index is 12.4. The van der Waals surface area contributed by atoms with E-state index in [1.807, 2.05) is 19.9 Å². The molecule has 112 valence electrons. The molecule has 21 heavy (non-hydrogen) atoms. The van der Waals surface area contributed by atoms with Crippen LogP contribution in [-0.4, -0.2) is 50.0 Å². The number of carbonyl (C=O) groups is 2. The second-order valence-corrected chi connectivity index (χ2v) is 4.64. The average molecular weight is 290 g/mol. The van der Waals surface area contributed by atoms with Crippen LogP contribution in [0.25, 0.3) is 11.0 Å². The van der Waals surface area contributed by atoms with Crippen molar-refractivity contribution in [1.82, 2.24) is 19.9 Å². The molecule has 0 atom stereocenters. The van der Waals surface area contributed by atoms with Crippen molar-refractivity contribution >= 4 is 22.9 Å². The zero-order valence-corrected chi connectivity index (χ0v) is 12.1. The molecule has 1 heterocycles. The van der Waals surface area contributed by atoms with Crippen molar-refractivity contribution in [3.63, 3.8) is 0 Å². The van der Waals surface area contributed by atoms with Gasteiger partial charge >= 0.3 is 5.97 Å². The van der Waals surface area contributed by atoms with Gasteiger partial charge in [-0.1, -0.05) is 5.21 Å². The summed E-state index contributed by atoms with van der Waals surface area (Å²) < 4.78 is 1.76. The quantitative estimate of drug-likeness (QED) is 0.868. The number of hydrogen-bond acceptors (Lipinski definition) is 4. The molecule has 0 saturated heterocycles. The summed E-state index contributed by atoms with van der Waals surface area (Å²) in [5.41, 5.74) is 2.04. The molecule has 0 bridgehead atoms. The smallest absolute Gasteiger partial charge is 0.305 e. The Hall–Kier alpha value is -2.44. The van der Waals surface area contributed by atoms with Gasteiger partial charge in [-0.3, -0.25) is 9.59 Å². The number of fused-ring (bicyclic) bond motifs is 1. The molecular formula is C14H18N4O3. The second-order valence-electron chi connectivity index (χ2n) is 4.64. The van der Waals surface area contributed by atoms with Gasteiger partial charge < -0.3 is 10.0 Å². The lowest BCUT2D eigenvalue weighted by atomic mass is 10.1. The summed E-state index contributed by atoms with van der Waals surface area (Å²) in [5.74, 6) is -1.10. The van der Waals surface area contributed by atoms with Gasteiger partial charge in [0.25, 0.3) is 5.91 Å². The highest BCUT2D eigenvalue weighted by Gasteiger charge is 2.16. The molecule has 0 aliphatic heterocycles. The molecule has 0 fully saturated rings. The first-order valence-electron chi connectivity index (χ1n) is 6.91. The number of carbonyl (C=O) groups excluding carboxylic acids is 1. The van der Waals surface area contributed by atoms with E-state index in [1.54, 1.807) is 16.8 Å². The summed E-state index contributed by atoms with van der Waals surface area (Å²) in [7, 11) is 0. The highest BCUT2D eigenvalue weighted by Crippen LogP contribution is 2.15. The number of nitrogens with zero attached hydrogens (tertiary/aromatic N) is 4. The number of hydrogen-bond donors (Lipinski definition) is 1. The third kappa shape index (κ3) is 3.18. The van der Waals surface area contributed by atoms with E-state index in [4.69, 9.17) is 5.11 Å². The van der Waals surface area contributed by atoms with Crippen LogP contribution in [0.5, 0.6) is 0 Å². The van der Waals surface area contributed by atoms with Gasteiger partial charge in [0.15, 0.2) is 0 Å². The first kappa shape index (κ1) is 15.0. The van der Waals surface area contributed by atoms with E-state index in [0.29, 0.717) is 24.2 Å². The van der Waals surface area contributed by atoms with Gasteiger partial charge in [-0.25, -0.2) is 4.68 Å². The number of benzene rings is 1. The minimum absolute atomic E-state index is 0.0617. The van der Waals surface area contributed by atoms with E-state index in [0.717, 1.165) is 5.52 Å². The molecule has 0 spiro atoms. The van der Waals surface area contributed by atoms with Crippen LogP contribution < -0.4 is 0 Å².